The van der Waals surface area contributed by atoms with Crippen LogP contribution >= 0.6 is 11.6 Å². The largest absolute Gasteiger partial charge is 0.241 e. The van der Waals surface area contributed by atoms with E-state index in [1.807, 2.05) is 0 Å². The molecule has 2 rings (SSSR count). The Hall–Kier alpha value is -0.630. The number of hydrogen-bond donors (Lipinski definition) is 0. The quantitative estimate of drug-likeness (QED) is 0.576. The lowest BCUT2D eigenvalue weighted by Crippen LogP contribution is -2.09. The molecular formula is C9H11ClN2. The van der Waals surface area contributed by atoms with E-state index in [0.29, 0.717) is 10.6 Å². The molecule has 0 N–H and O–H groups in total. The summed E-state index contributed by atoms with van der Waals surface area (Å²) in [4.78, 5) is 8.19. The number of halogens is 1. The minimum absolute atomic E-state index is 0.308. The predicted molar refractivity (Wildman–Crippen MR) is 48.2 cm³/mol. The highest BCUT2D eigenvalue weighted by Gasteiger charge is 2.31. The summed E-state index contributed by atoms with van der Waals surface area (Å²) in [5.41, 5.74) is 2.58. The van der Waals surface area contributed by atoms with Gasteiger partial charge < -0.3 is 0 Å². The predicted octanol–water partition coefficient (Wildman–Crippen LogP) is 2.25. The normalized spacial score (nSPS) is 19.2. The van der Waals surface area contributed by atoms with Gasteiger partial charge in [0.2, 0.25) is 0 Å². The first-order valence-corrected chi connectivity index (χ1v) is 4.44. The van der Waals surface area contributed by atoms with Crippen molar-refractivity contribution >= 4 is 11.6 Å². The highest BCUT2D eigenvalue weighted by molar-refractivity contribution is 6.30. The third-order valence-corrected chi connectivity index (χ3v) is 2.61. The Bertz CT molecular complexity index is 320. The smallest absolute Gasteiger partial charge is 0.135 e. The van der Waals surface area contributed by atoms with Gasteiger partial charge in [0.15, 0.2) is 0 Å². The standard InChI is InChI=1S/C9H11ClN2/c1-9(2)3-6-7(4-9)11-5-12-8(6)10/h5H,3-4H2,1-2H3. The molecule has 2 nitrogen and oxygen atoms in total. The van der Waals surface area contributed by atoms with Crippen molar-refractivity contribution in [2.45, 2.75) is 26.7 Å². The van der Waals surface area contributed by atoms with E-state index in [4.69, 9.17) is 11.6 Å². The van der Waals surface area contributed by atoms with Crippen LogP contribution in [0.3, 0.4) is 0 Å². The van der Waals surface area contributed by atoms with Crippen LogP contribution in [-0.4, -0.2) is 9.97 Å². The molecule has 0 unspecified atom stereocenters. The fraction of sp³-hybridized carbons (Fsp3) is 0.556. The van der Waals surface area contributed by atoms with Crippen molar-refractivity contribution in [1.82, 2.24) is 9.97 Å². The lowest BCUT2D eigenvalue weighted by Gasteiger charge is -2.14. The molecule has 0 aliphatic heterocycles. The molecule has 3 heteroatoms. The number of fused-ring (bicyclic) bond motifs is 1. The highest BCUT2D eigenvalue weighted by Crippen LogP contribution is 2.37. The maximum absolute atomic E-state index is 5.95. The zero-order chi connectivity index (χ0) is 8.77. The van der Waals surface area contributed by atoms with Crippen molar-refractivity contribution in [1.29, 1.82) is 0 Å². The molecule has 0 saturated heterocycles. The molecule has 1 aliphatic carbocycles. The van der Waals surface area contributed by atoms with Gasteiger partial charge in [-0.1, -0.05) is 25.4 Å². The van der Waals surface area contributed by atoms with Crippen LogP contribution in [0.2, 0.25) is 5.15 Å². The van der Waals surface area contributed by atoms with E-state index in [1.54, 1.807) is 6.33 Å². The molecule has 1 aromatic heterocycles. The molecule has 1 aromatic rings. The van der Waals surface area contributed by atoms with E-state index < -0.39 is 0 Å². The van der Waals surface area contributed by atoms with Gasteiger partial charge in [-0.25, -0.2) is 9.97 Å². The van der Waals surface area contributed by atoms with Crippen LogP contribution in [0.1, 0.15) is 25.1 Å². The summed E-state index contributed by atoms with van der Waals surface area (Å²) in [6.45, 7) is 4.45. The van der Waals surface area contributed by atoms with Crippen LogP contribution in [0.15, 0.2) is 6.33 Å². The molecule has 0 bridgehead atoms. The average molecular weight is 183 g/mol. The fourth-order valence-corrected chi connectivity index (χ4v) is 1.97. The molecule has 0 amide bonds. The van der Waals surface area contributed by atoms with E-state index >= 15 is 0 Å². The van der Waals surface area contributed by atoms with Crippen molar-refractivity contribution in [2.24, 2.45) is 5.41 Å². The molecular weight excluding hydrogens is 172 g/mol. The zero-order valence-electron chi connectivity index (χ0n) is 7.26. The fourth-order valence-electron chi connectivity index (χ4n) is 1.75. The van der Waals surface area contributed by atoms with Crippen LogP contribution in [0, 0.1) is 5.41 Å². The maximum Gasteiger partial charge on any atom is 0.135 e. The van der Waals surface area contributed by atoms with Crippen molar-refractivity contribution in [3.05, 3.63) is 22.7 Å². The van der Waals surface area contributed by atoms with E-state index in [1.165, 1.54) is 0 Å². The first-order valence-electron chi connectivity index (χ1n) is 4.07. The molecule has 12 heavy (non-hydrogen) atoms. The summed E-state index contributed by atoms with van der Waals surface area (Å²) >= 11 is 5.95. The molecule has 1 aliphatic rings. The second-order valence-corrected chi connectivity index (χ2v) is 4.47. The minimum atomic E-state index is 0.308. The monoisotopic (exact) mass is 182 g/mol. The SMILES string of the molecule is CC1(C)Cc2ncnc(Cl)c2C1. The Balaban J connectivity index is 2.48. The Kier molecular flexibility index (Phi) is 1.62. The van der Waals surface area contributed by atoms with Crippen LogP contribution < -0.4 is 0 Å². The number of nitrogens with zero attached hydrogens (tertiary/aromatic N) is 2. The van der Waals surface area contributed by atoms with Gasteiger partial charge in [-0.3, -0.25) is 0 Å². The Morgan fingerprint density at radius 1 is 1.33 bits per heavy atom. The van der Waals surface area contributed by atoms with Crippen LogP contribution in [0.4, 0.5) is 0 Å². The summed E-state index contributed by atoms with van der Waals surface area (Å²) in [5, 5.41) is 0.630. The van der Waals surface area contributed by atoms with Gasteiger partial charge in [0.1, 0.15) is 11.5 Å². The van der Waals surface area contributed by atoms with E-state index in [0.717, 1.165) is 24.1 Å². The Morgan fingerprint density at radius 2 is 2.08 bits per heavy atom. The van der Waals surface area contributed by atoms with Crippen LogP contribution in [0.5, 0.6) is 0 Å². The van der Waals surface area contributed by atoms with Gasteiger partial charge in [0, 0.05) is 11.3 Å². The topological polar surface area (TPSA) is 25.8 Å². The Labute approximate surface area is 77.0 Å². The van der Waals surface area contributed by atoms with E-state index in [-0.39, 0.29) is 0 Å². The summed E-state index contributed by atoms with van der Waals surface area (Å²) in [7, 11) is 0. The summed E-state index contributed by atoms with van der Waals surface area (Å²) in [6.07, 6.45) is 3.56. The number of aromatic nitrogens is 2. The average Bonchev–Trinajstić information content (AvgIpc) is 2.25. The second kappa shape index (κ2) is 2.43. The molecule has 0 aromatic carbocycles. The molecule has 0 fully saturated rings. The van der Waals surface area contributed by atoms with Crippen LogP contribution in [-0.2, 0) is 12.8 Å². The third kappa shape index (κ3) is 1.20. The van der Waals surface area contributed by atoms with Crippen molar-refractivity contribution in [3.63, 3.8) is 0 Å². The number of hydrogen-bond acceptors (Lipinski definition) is 2. The third-order valence-electron chi connectivity index (χ3n) is 2.28. The first-order chi connectivity index (χ1) is 5.58. The second-order valence-electron chi connectivity index (χ2n) is 4.11. The van der Waals surface area contributed by atoms with Crippen molar-refractivity contribution < 1.29 is 0 Å². The first kappa shape index (κ1) is 7.99. The molecule has 64 valence electrons. The summed E-state index contributed by atoms with van der Waals surface area (Å²) in [6, 6.07) is 0. The van der Waals surface area contributed by atoms with Gasteiger partial charge in [0.25, 0.3) is 0 Å². The van der Waals surface area contributed by atoms with Gasteiger partial charge >= 0.3 is 0 Å². The minimum Gasteiger partial charge on any atom is -0.241 e. The summed E-state index contributed by atoms with van der Waals surface area (Å²) in [5.74, 6) is 0. The van der Waals surface area contributed by atoms with Gasteiger partial charge in [0.05, 0.1) is 0 Å². The molecule has 0 atom stereocenters. The Morgan fingerprint density at radius 3 is 2.75 bits per heavy atom. The molecule has 1 heterocycles. The van der Waals surface area contributed by atoms with E-state index in [2.05, 4.69) is 23.8 Å². The number of rotatable bonds is 0. The van der Waals surface area contributed by atoms with E-state index in [9.17, 15) is 0 Å². The van der Waals surface area contributed by atoms with Gasteiger partial charge in [-0.05, 0) is 18.3 Å². The maximum atomic E-state index is 5.95. The zero-order valence-corrected chi connectivity index (χ0v) is 8.02. The molecule has 0 saturated carbocycles. The highest BCUT2D eigenvalue weighted by atomic mass is 35.5. The van der Waals surface area contributed by atoms with Gasteiger partial charge in [-0.15, -0.1) is 0 Å². The van der Waals surface area contributed by atoms with Gasteiger partial charge in [-0.2, -0.15) is 0 Å². The lowest BCUT2D eigenvalue weighted by molar-refractivity contribution is 0.390. The van der Waals surface area contributed by atoms with Crippen LogP contribution in [0.25, 0.3) is 0 Å². The van der Waals surface area contributed by atoms with Crippen molar-refractivity contribution in [2.75, 3.05) is 0 Å². The summed E-state index contributed by atoms with van der Waals surface area (Å²) < 4.78 is 0. The molecule has 0 spiro atoms. The lowest BCUT2D eigenvalue weighted by atomic mass is 9.91. The molecule has 0 radical (unpaired) electrons. The van der Waals surface area contributed by atoms with Crippen molar-refractivity contribution in [3.8, 4) is 0 Å².